The van der Waals surface area contributed by atoms with Gasteiger partial charge in [-0.2, -0.15) is 0 Å². The summed E-state index contributed by atoms with van der Waals surface area (Å²) in [5, 5.41) is 3.02. The fourth-order valence-electron chi connectivity index (χ4n) is 3.22. The zero-order valence-corrected chi connectivity index (χ0v) is 12.8. The molecule has 3 atom stereocenters. The molecule has 1 aromatic rings. The molecule has 1 aliphatic rings. The van der Waals surface area contributed by atoms with Gasteiger partial charge >= 0.3 is 0 Å². The van der Waals surface area contributed by atoms with Crippen LogP contribution in [0.5, 0.6) is 0 Å². The zero-order valence-electron chi connectivity index (χ0n) is 12.0. The van der Waals surface area contributed by atoms with Crippen LogP contribution in [0.2, 0.25) is 0 Å². The molecule has 1 fully saturated rings. The third kappa shape index (κ3) is 3.58. The molecule has 1 N–H and O–H groups in total. The Morgan fingerprint density at radius 1 is 1.25 bits per heavy atom. The fourth-order valence-corrected chi connectivity index (χ4v) is 4.41. The molecule has 2 rings (SSSR count). The van der Waals surface area contributed by atoms with Gasteiger partial charge in [0.2, 0.25) is 0 Å². The van der Waals surface area contributed by atoms with E-state index >= 15 is 0 Å². The van der Waals surface area contributed by atoms with E-state index in [0.29, 0.717) is 6.42 Å². The highest BCUT2D eigenvalue weighted by Crippen LogP contribution is 2.36. The minimum absolute atomic E-state index is 0.0835. The van der Waals surface area contributed by atoms with E-state index in [4.69, 9.17) is 0 Å². The third-order valence-corrected chi connectivity index (χ3v) is 5.92. The predicted octanol–water partition coefficient (Wildman–Crippen LogP) is 2.69. The average molecular weight is 299 g/mol. The largest absolute Gasteiger partial charge is 0.313 e. The van der Waals surface area contributed by atoms with Crippen molar-refractivity contribution in [2.45, 2.75) is 37.0 Å². The molecule has 5 heteroatoms. The van der Waals surface area contributed by atoms with Gasteiger partial charge in [0.1, 0.15) is 15.7 Å². The second-order valence-electron chi connectivity index (χ2n) is 5.70. The van der Waals surface area contributed by atoms with Gasteiger partial charge in [-0.3, -0.25) is 0 Å². The lowest BCUT2D eigenvalue weighted by molar-refractivity contribution is 0.282. The molecule has 0 spiro atoms. The number of rotatable bonds is 4. The third-order valence-electron chi connectivity index (χ3n) is 4.28. The average Bonchev–Trinajstić information content (AvgIpc) is 2.41. The summed E-state index contributed by atoms with van der Waals surface area (Å²) in [5.41, 5.74) is 1.02. The lowest BCUT2D eigenvalue weighted by atomic mass is 9.81. The van der Waals surface area contributed by atoms with Crippen LogP contribution in [-0.4, -0.2) is 27.0 Å². The second-order valence-corrected chi connectivity index (χ2v) is 8.02. The van der Waals surface area contributed by atoms with Crippen LogP contribution in [-0.2, 0) is 9.84 Å². The molecule has 0 heterocycles. The van der Waals surface area contributed by atoms with Crippen LogP contribution >= 0.6 is 0 Å². The Hall–Kier alpha value is -0.940. The van der Waals surface area contributed by atoms with E-state index in [1.165, 1.54) is 18.4 Å². The number of hydrogen-bond donors (Lipinski definition) is 1. The Morgan fingerprint density at radius 2 is 1.90 bits per heavy atom. The van der Waals surface area contributed by atoms with Crippen LogP contribution in [0.25, 0.3) is 0 Å². The van der Waals surface area contributed by atoms with E-state index in [1.54, 1.807) is 12.1 Å². The Labute approximate surface area is 120 Å². The second kappa shape index (κ2) is 6.22. The summed E-state index contributed by atoms with van der Waals surface area (Å²) in [6, 6.07) is 6.55. The first-order valence-corrected chi connectivity index (χ1v) is 8.99. The monoisotopic (exact) mass is 299 g/mol. The van der Waals surface area contributed by atoms with Gasteiger partial charge in [0.15, 0.2) is 0 Å². The summed E-state index contributed by atoms with van der Waals surface area (Å²) in [7, 11) is -1.10. The molecule has 3 nitrogen and oxygen atoms in total. The minimum Gasteiger partial charge on any atom is -0.313 e. The van der Waals surface area contributed by atoms with Crippen molar-refractivity contribution < 1.29 is 12.8 Å². The maximum atomic E-state index is 13.0. The highest BCUT2D eigenvalue weighted by molar-refractivity contribution is 7.91. The molecule has 1 aromatic carbocycles. The Balaban J connectivity index is 2.17. The number of sulfone groups is 1. The minimum atomic E-state index is -2.98. The first-order chi connectivity index (χ1) is 9.41. The van der Waals surface area contributed by atoms with Gasteiger partial charge in [0.25, 0.3) is 0 Å². The number of nitrogens with one attached hydrogen (secondary N) is 1. The van der Waals surface area contributed by atoms with Crippen LogP contribution in [0.3, 0.4) is 0 Å². The van der Waals surface area contributed by atoms with Crippen molar-refractivity contribution >= 4 is 9.84 Å². The molecule has 3 unspecified atom stereocenters. The molecule has 1 saturated carbocycles. The van der Waals surface area contributed by atoms with Crippen LogP contribution in [0.4, 0.5) is 4.39 Å². The molecular weight excluding hydrogens is 277 g/mol. The van der Waals surface area contributed by atoms with E-state index in [1.807, 2.05) is 7.05 Å². The van der Waals surface area contributed by atoms with Crippen molar-refractivity contribution in [2.24, 2.45) is 5.92 Å². The summed E-state index contributed by atoms with van der Waals surface area (Å²) < 4.78 is 36.5. The summed E-state index contributed by atoms with van der Waals surface area (Å²) in [6.07, 6.45) is 4.71. The molecule has 0 aromatic heterocycles. The number of benzene rings is 1. The van der Waals surface area contributed by atoms with Crippen LogP contribution in [0.1, 0.15) is 37.3 Å². The van der Waals surface area contributed by atoms with Crippen molar-refractivity contribution in [3.63, 3.8) is 0 Å². The van der Waals surface area contributed by atoms with E-state index < -0.39 is 9.84 Å². The first kappa shape index (κ1) is 15.4. The molecule has 0 radical (unpaired) electrons. The summed E-state index contributed by atoms with van der Waals surface area (Å²) >= 11 is 0. The van der Waals surface area contributed by atoms with Crippen molar-refractivity contribution in [1.82, 2.24) is 5.32 Å². The van der Waals surface area contributed by atoms with Gasteiger partial charge in [-0.1, -0.05) is 18.6 Å². The van der Waals surface area contributed by atoms with Gasteiger partial charge in [0.05, 0.1) is 5.25 Å². The van der Waals surface area contributed by atoms with Crippen LogP contribution < -0.4 is 5.32 Å². The molecule has 0 saturated heterocycles. The van der Waals surface area contributed by atoms with Gasteiger partial charge < -0.3 is 5.32 Å². The summed E-state index contributed by atoms with van der Waals surface area (Å²) in [5.74, 6) is 0.0280. The standard InChI is InChI=1S/C15H22FNO2S/c1-17-15(11-6-8-13(16)9-7-11)12-4-3-5-14(10-12)20(2,18)19/h6-9,12,14-15,17H,3-5,10H2,1-2H3. The van der Waals surface area contributed by atoms with Crippen LogP contribution in [0, 0.1) is 11.7 Å². The Kier molecular flexibility index (Phi) is 4.81. The fraction of sp³-hybridized carbons (Fsp3) is 0.600. The Morgan fingerprint density at radius 3 is 2.45 bits per heavy atom. The van der Waals surface area contributed by atoms with E-state index in [-0.39, 0.29) is 23.0 Å². The Bertz CT molecular complexity index is 541. The molecule has 0 amide bonds. The topological polar surface area (TPSA) is 46.2 Å². The van der Waals surface area contributed by atoms with Crippen molar-refractivity contribution in [3.8, 4) is 0 Å². The smallest absolute Gasteiger partial charge is 0.150 e. The molecular formula is C15H22FNO2S. The molecule has 0 aliphatic heterocycles. The maximum Gasteiger partial charge on any atom is 0.150 e. The van der Waals surface area contributed by atoms with Crippen LogP contribution in [0.15, 0.2) is 24.3 Å². The van der Waals surface area contributed by atoms with Crippen molar-refractivity contribution in [2.75, 3.05) is 13.3 Å². The van der Waals surface area contributed by atoms with Gasteiger partial charge in [0, 0.05) is 12.3 Å². The van der Waals surface area contributed by atoms with E-state index in [2.05, 4.69) is 5.32 Å². The first-order valence-electron chi connectivity index (χ1n) is 7.03. The van der Waals surface area contributed by atoms with Crippen molar-refractivity contribution in [3.05, 3.63) is 35.6 Å². The highest BCUT2D eigenvalue weighted by Gasteiger charge is 2.33. The number of hydrogen-bond acceptors (Lipinski definition) is 3. The van der Waals surface area contributed by atoms with Crippen molar-refractivity contribution in [1.29, 1.82) is 0 Å². The number of halogens is 1. The maximum absolute atomic E-state index is 13.0. The van der Waals surface area contributed by atoms with E-state index in [0.717, 1.165) is 24.8 Å². The summed E-state index contributed by atoms with van der Waals surface area (Å²) in [6.45, 7) is 0. The van der Waals surface area contributed by atoms with Gasteiger partial charge in [-0.25, -0.2) is 12.8 Å². The molecule has 1 aliphatic carbocycles. The molecule has 20 heavy (non-hydrogen) atoms. The highest BCUT2D eigenvalue weighted by atomic mass is 32.2. The van der Waals surface area contributed by atoms with E-state index in [9.17, 15) is 12.8 Å². The molecule has 0 bridgehead atoms. The quantitative estimate of drug-likeness (QED) is 0.930. The SMILES string of the molecule is CNC(c1ccc(F)cc1)C1CCCC(S(C)(=O)=O)C1. The van der Waals surface area contributed by atoms with Gasteiger partial charge in [-0.15, -0.1) is 0 Å². The zero-order chi connectivity index (χ0) is 14.8. The predicted molar refractivity (Wildman–Crippen MR) is 78.8 cm³/mol. The summed E-state index contributed by atoms with van der Waals surface area (Å²) in [4.78, 5) is 0. The molecule has 112 valence electrons. The van der Waals surface area contributed by atoms with Gasteiger partial charge in [-0.05, 0) is 49.9 Å². The lowest BCUT2D eigenvalue weighted by Gasteiger charge is -2.34. The normalized spacial score (nSPS) is 25.4. The lowest BCUT2D eigenvalue weighted by Crippen LogP contribution is -2.34.